The molecule has 1 aromatic carbocycles. The SMILES string of the molecule is O=C(NCO)Nc1c(-c2ccnc(F)c2)cc(F)c2c1CCC2.[HH]. The van der Waals surface area contributed by atoms with Gasteiger partial charge in [0.2, 0.25) is 5.95 Å². The largest absolute Gasteiger partial charge is 0.376 e. The van der Waals surface area contributed by atoms with Crippen molar-refractivity contribution in [2.24, 2.45) is 0 Å². The predicted molar refractivity (Wildman–Crippen MR) is 83.0 cm³/mol. The van der Waals surface area contributed by atoms with Crippen LogP contribution in [0.3, 0.4) is 0 Å². The molecule has 0 aliphatic heterocycles. The fourth-order valence-corrected chi connectivity index (χ4v) is 2.90. The highest BCUT2D eigenvalue weighted by atomic mass is 19.1. The zero-order valence-electron chi connectivity index (χ0n) is 12.2. The maximum Gasteiger partial charge on any atom is 0.321 e. The molecule has 0 saturated carbocycles. The summed E-state index contributed by atoms with van der Waals surface area (Å²) in [5.41, 5.74) is 2.53. The lowest BCUT2D eigenvalue weighted by Gasteiger charge is -2.17. The van der Waals surface area contributed by atoms with Crippen LogP contribution in [0.25, 0.3) is 11.1 Å². The Hall–Kier alpha value is -2.54. The van der Waals surface area contributed by atoms with Gasteiger partial charge in [0.05, 0.1) is 5.69 Å². The smallest absolute Gasteiger partial charge is 0.321 e. The lowest BCUT2D eigenvalue weighted by Crippen LogP contribution is -2.30. The number of hydrogen-bond acceptors (Lipinski definition) is 3. The molecule has 23 heavy (non-hydrogen) atoms. The van der Waals surface area contributed by atoms with E-state index in [4.69, 9.17) is 5.11 Å². The number of anilines is 1. The van der Waals surface area contributed by atoms with Gasteiger partial charge in [-0.1, -0.05) is 0 Å². The van der Waals surface area contributed by atoms with E-state index in [-0.39, 0.29) is 7.24 Å². The van der Waals surface area contributed by atoms with E-state index in [2.05, 4.69) is 15.6 Å². The van der Waals surface area contributed by atoms with Gasteiger partial charge in [0.25, 0.3) is 0 Å². The highest BCUT2D eigenvalue weighted by Gasteiger charge is 2.24. The third-order valence-electron chi connectivity index (χ3n) is 3.86. The maximum atomic E-state index is 14.3. The van der Waals surface area contributed by atoms with E-state index in [0.717, 1.165) is 6.42 Å². The molecule has 1 aliphatic rings. The first kappa shape index (κ1) is 15.4. The Labute approximate surface area is 132 Å². The minimum atomic E-state index is -0.686. The summed E-state index contributed by atoms with van der Waals surface area (Å²) in [4.78, 5) is 15.3. The standard InChI is InChI=1S/C16H15F2N3O2.H2/c17-13-7-12(9-4-5-19-14(18)6-9)15(21-16(23)20-8-22)11-3-1-2-10(11)13;/h4-7,22H,1-3,8H2,(H2,20,21,23);1H. The van der Waals surface area contributed by atoms with Crippen LogP contribution in [0.2, 0.25) is 0 Å². The minimum absolute atomic E-state index is 0. The molecule has 5 nitrogen and oxygen atoms in total. The molecule has 0 unspecified atom stereocenters. The number of aromatic nitrogens is 1. The van der Waals surface area contributed by atoms with Crippen LogP contribution in [0.5, 0.6) is 0 Å². The lowest BCUT2D eigenvalue weighted by molar-refractivity contribution is 0.228. The van der Waals surface area contributed by atoms with Crippen molar-refractivity contribution in [2.45, 2.75) is 19.3 Å². The maximum absolute atomic E-state index is 14.3. The van der Waals surface area contributed by atoms with E-state index in [0.29, 0.717) is 40.8 Å². The average molecular weight is 321 g/mol. The number of nitrogens with one attached hydrogen (secondary N) is 2. The molecular formula is C16H17F2N3O2. The Morgan fingerprint density at radius 3 is 2.83 bits per heavy atom. The first-order valence-corrected chi connectivity index (χ1v) is 7.22. The molecule has 1 aromatic heterocycles. The quantitative estimate of drug-likeness (QED) is 0.601. The topological polar surface area (TPSA) is 74.2 Å². The Morgan fingerprint density at radius 1 is 1.30 bits per heavy atom. The molecule has 1 heterocycles. The molecule has 7 heteroatoms. The zero-order chi connectivity index (χ0) is 16.4. The second kappa shape index (κ2) is 6.29. The lowest BCUT2D eigenvalue weighted by atomic mass is 9.97. The summed E-state index contributed by atoms with van der Waals surface area (Å²) in [7, 11) is 0. The van der Waals surface area contributed by atoms with Crippen molar-refractivity contribution in [3.05, 3.63) is 47.3 Å². The van der Waals surface area contributed by atoms with Crippen LogP contribution in [0, 0.1) is 11.8 Å². The third kappa shape index (κ3) is 3.00. The Balaban J connectivity index is 0.00000208. The van der Waals surface area contributed by atoms with E-state index < -0.39 is 18.7 Å². The first-order chi connectivity index (χ1) is 11.1. The summed E-state index contributed by atoms with van der Waals surface area (Å²) in [6.45, 7) is -0.519. The zero-order valence-corrected chi connectivity index (χ0v) is 12.2. The van der Waals surface area contributed by atoms with Crippen molar-refractivity contribution in [3.63, 3.8) is 0 Å². The van der Waals surface area contributed by atoms with Gasteiger partial charge in [-0.3, -0.25) is 0 Å². The number of carbonyl (C=O) groups is 1. The second-order valence-electron chi connectivity index (χ2n) is 5.25. The highest BCUT2D eigenvalue weighted by Crippen LogP contribution is 2.39. The number of fused-ring (bicyclic) bond motifs is 1. The van der Waals surface area contributed by atoms with Gasteiger partial charge < -0.3 is 15.7 Å². The molecule has 3 N–H and O–H groups in total. The normalized spacial score (nSPS) is 12.8. The monoisotopic (exact) mass is 321 g/mol. The predicted octanol–water partition coefficient (Wildman–Crippen LogP) is 2.83. The summed E-state index contributed by atoms with van der Waals surface area (Å²) in [6.07, 6.45) is 3.30. The van der Waals surface area contributed by atoms with E-state index in [9.17, 15) is 13.6 Å². The Bertz CT molecular complexity index is 771. The molecule has 0 fully saturated rings. The fourth-order valence-electron chi connectivity index (χ4n) is 2.90. The van der Waals surface area contributed by atoms with E-state index in [1.54, 1.807) is 6.07 Å². The van der Waals surface area contributed by atoms with Crippen LogP contribution in [-0.2, 0) is 12.8 Å². The van der Waals surface area contributed by atoms with Crippen LogP contribution in [-0.4, -0.2) is 22.9 Å². The minimum Gasteiger partial charge on any atom is -0.376 e. The Kier molecular flexibility index (Phi) is 4.20. The van der Waals surface area contributed by atoms with Crippen molar-refractivity contribution in [1.29, 1.82) is 0 Å². The van der Waals surface area contributed by atoms with E-state index in [1.807, 2.05) is 0 Å². The van der Waals surface area contributed by atoms with Crippen molar-refractivity contribution in [2.75, 3.05) is 12.0 Å². The van der Waals surface area contributed by atoms with Gasteiger partial charge in [0.1, 0.15) is 12.5 Å². The molecule has 2 amide bonds. The number of benzene rings is 1. The number of hydrogen-bond donors (Lipinski definition) is 3. The van der Waals surface area contributed by atoms with Crippen LogP contribution in [0.1, 0.15) is 19.0 Å². The summed E-state index contributed by atoms with van der Waals surface area (Å²) in [5, 5.41) is 13.6. The molecule has 0 spiro atoms. The summed E-state index contributed by atoms with van der Waals surface area (Å²) < 4.78 is 27.7. The number of aliphatic hydroxyl groups excluding tert-OH is 1. The molecule has 3 rings (SSSR count). The summed E-state index contributed by atoms with van der Waals surface area (Å²) in [5.74, 6) is -1.05. The van der Waals surface area contributed by atoms with Crippen molar-refractivity contribution < 1.29 is 20.1 Å². The molecule has 2 aromatic rings. The molecular weight excluding hydrogens is 304 g/mol. The van der Waals surface area contributed by atoms with Gasteiger partial charge in [-0.05, 0) is 48.1 Å². The highest BCUT2D eigenvalue weighted by molar-refractivity contribution is 5.96. The number of nitrogens with zero attached hydrogens (tertiary/aromatic N) is 1. The molecule has 0 saturated heterocycles. The number of halogens is 2. The molecule has 0 atom stereocenters. The first-order valence-electron chi connectivity index (χ1n) is 7.22. The van der Waals surface area contributed by atoms with Crippen LogP contribution < -0.4 is 10.6 Å². The molecule has 1 aliphatic carbocycles. The van der Waals surface area contributed by atoms with Gasteiger partial charge in [-0.15, -0.1) is 0 Å². The van der Waals surface area contributed by atoms with Gasteiger partial charge in [-0.25, -0.2) is 14.2 Å². The number of aliphatic hydroxyl groups is 1. The van der Waals surface area contributed by atoms with E-state index >= 15 is 0 Å². The van der Waals surface area contributed by atoms with Gasteiger partial charge in [0.15, 0.2) is 0 Å². The van der Waals surface area contributed by atoms with Crippen molar-refractivity contribution in [1.82, 2.24) is 10.3 Å². The van der Waals surface area contributed by atoms with Crippen molar-refractivity contribution in [3.8, 4) is 11.1 Å². The van der Waals surface area contributed by atoms with Gasteiger partial charge in [0, 0.05) is 19.3 Å². The number of amides is 2. The summed E-state index contributed by atoms with van der Waals surface area (Å²) in [6, 6.07) is 3.43. The molecule has 0 bridgehead atoms. The second-order valence-corrected chi connectivity index (χ2v) is 5.25. The molecule has 122 valence electrons. The van der Waals surface area contributed by atoms with Crippen molar-refractivity contribution >= 4 is 11.7 Å². The Morgan fingerprint density at radius 2 is 2.09 bits per heavy atom. The fraction of sp³-hybridized carbons (Fsp3) is 0.250. The summed E-state index contributed by atoms with van der Waals surface area (Å²) >= 11 is 0. The van der Waals surface area contributed by atoms with Gasteiger partial charge >= 0.3 is 6.03 Å². The third-order valence-corrected chi connectivity index (χ3v) is 3.86. The van der Waals surface area contributed by atoms with Gasteiger partial charge in [-0.2, -0.15) is 4.39 Å². The number of urea groups is 1. The molecule has 0 radical (unpaired) electrons. The number of pyridine rings is 1. The number of carbonyl (C=O) groups excluding carboxylic acids is 1. The average Bonchev–Trinajstić information content (AvgIpc) is 3.00. The van der Waals surface area contributed by atoms with Crippen LogP contribution in [0.15, 0.2) is 24.4 Å². The van der Waals surface area contributed by atoms with Crippen LogP contribution in [0.4, 0.5) is 19.3 Å². The van der Waals surface area contributed by atoms with Crippen LogP contribution >= 0.6 is 0 Å². The van der Waals surface area contributed by atoms with E-state index in [1.165, 1.54) is 18.3 Å². The number of rotatable bonds is 3.